The van der Waals surface area contributed by atoms with E-state index in [1.165, 1.54) is 0 Å². The molecule has 156 valence electrons. The van der Waals surface area contributed by atoms with Gasteiger partial charge in [-0.1, -0.05) is 28.7 Å². The van der Waals surface area contributed by atoms with Crippen molar-refractivity contribution in [2.24, 2.45) is 17.8 Å². The van der Waals surface area contributed by atoms with Gasteiger partial charge in [-0.3, -0.25) is 0 Å². The van der Waals surface area contributed by atoms with Gasteiger partial charge in [0.05, 0.1) is 26.3 Å². The Bertz CT molecular complexity index is 405. The number of hydrogen-bond acceptors (Lipinski definition) is 2. The molecule has 1 heterocycles. The highest BCUT2D eigenvalue weighted by Gasteiger charge is 2.40. The molecule has 15 atom stereocenters. The zero-order chi connectivity index (χ0) is 20.2. The maximum atomic E-state index is 6.84. The van der Waals surface area contributed by atoms with E-state index in [1.807, 2.05) is 0 Å². The van der Waals surface area contributed by atoms with Crippen LogP contribution in [0.5, 0.6) is 0 Å². The predicted molar refractivity (Wildman–Crippen MR) is 166 cm³/mol. The lowest BCUT2D eigenvalue weighted by atomic mass is 9.77. The molecule has 0 aromatic carbocycles. The smallest absolute Gasteiger partial charge is 0.0963 e. The number of rotatable bonds is 9. The van der Waals surface area contributed by atoms with Gasteiger partial charge in [-0.2, -0.15) is 0 Å². The largest absolute Gasteiger partial charge is 0.372 e. The average molecular weight is 620 g/mol. The van der Waals surface area contributed by atoms with E-state index in [-0.39, 0.29) is 48.6 Å². The molecule has 1 fully saturated rings. The molecule has 1 aliphatic rings. The first-order valence-corrected chi connectivity index (χ1v) is 32.9. The Hall–Kier alpha value is 5.94. The molecule has 0 spiro atoms. The molecule has 0 aromatic rings. The SMILES string of the molecule is CC1[C@@H](C)[C@@H](C)C(COP(P(PP)P(P)P)P(P(P)P)P(P)P)O[C@@H]1C. The van der Waals surface area contributed by atoms with Gasteiger partial charge in [-0.15, -0.1) is 62.5 Å². The van der Waals surface area contributed by atoms with Crippen LogP contribution in [0.2, 0.25) is 0 Å². The van der Waals surface area contributed by atoms with E-state index in [9.17, 15) is 0 Å². The van der Waals surface area contributed by atoms with Crippen LogP contribution in [0.3, 0.4) is 0 Å². The molecule has 1 rings (SSSR count). The van der Waals surface area contributed by atoms with Crippen LogP contribution in [0.15, 0.2) is 0 Å². The van der Waals surface area contributed by atoms with Crippen molar-refractivity contribution < 1.29 is 9.26 Å². The Morgan fingerprint density at radius 3 is 1.81 bits per heavy atom. The van der Waals surface area contributed by atoms with Crippen molar-refractivity contribution in [1.29, 1.82) is 0 Å². The first kappa shape index (κ1) is 30.0. The molecular weight excluding hydrogens is 586 g/mol. The molecule has 1 aliphatic heterocycles. The van der Waals surface area contributed by atoms with Gasteiger partial charge in [0.15, 0.2) is 0 Å². The lowest BCUT2D eigenvalue weighted by molar-refractivity contribution is -0.135. The zero-order valence-corrected chi connectivity index (χ0v) is 30.1. The van der Waals surface area contributed by atoms with Gasteiger partial charge in [0, 0.05) is 14.0 Å². The summed E-state index contributed by atoms with van der Waals surface area (Å²) in [5.74, 6) is 1.87. The van der Waals surface area contributed by atoms with Crippen LogP contribution in [0, 0.1) is 17.8 Å². The van der Waals surface area contributed by atoms with Crippen LogP contribution < -0.4 is 0 Å². The summed E-state index contributed by atoms with van der Waals surface area (Å²) >= 11 is 0. The molecule has 16 heteroatoms. The third kappa shape index (κ3) is 8.95. The van der Waals surface area contributed by atoms with Crippen molar-refractivity contribution in [1.82, 2.24) is 0 Å². The summed E-state index contributed by atoms with van der Waals surface area (Å²) in [6, 6.07) is 0. The Balaban J connectivity index is 2.95. The molecule has 0 saturated carbocycles. The van der Waals surface area contributed by atoms with Crippen LogP contribution in [0.1, 0.15) is 27.7 Å². The van der Waals surface area contributed by atoms with Crippen LogP contribution in [-0.4, -0.2) is 18.8 Å². The van der Waals surface area contributed by atoms with Crippen LogP contribution >= 0.6 is 113 Å². The van der Waals surface area contributed by atoms with E-state index >= 15 is 0 Å². The first-order valence-electron chi connectivity index (χ1n) is 8.06. The van der Waals surface area contributed by atoms with E-state index in [2.05, 4.69) is 90.2 Å². The number of ether oxygens (including phenoxy) is 1. The fraction of sp³-hybridized carbons (Fsp3) is 1.00. The van der Waals surface area contributed by atoms with Crippen LogP contribution in [0.4, 0.5) is 0 Å². The van der Waals surface area contributed by atoms with E-state index in [1.54, 1.807) is 0 Å². The normalized spacial score (nSPS) is 33.1. The van der Waals surface area contributed by atoms with E-state index in [0.717, 1.165) is 14.6 Å². The van der Waals surface area contributed by atoms with Crippen molar-refractivity contribution in [2.45, 2.75) is 39.9 Å². The van der Waals surface area contributed by atoms with Crippen molar-refractivity contribution >= 4 is 113 Å². The summed E-state index contributed by atoms with van der Waals surface area (Å²) in [7, 11) is 22.1. The first-order chi connectivity index (χ1) is 12.0. The highest BCUT2D eigenvalue weighted by Crippen LogP contribution is 3.19. The third-order valence-corrected chi connectivity index (χ3v) is 82.7. The Kier molecular flexibility index (Phi) is 17.3. The predicted octanol–water partition coefficient (Wildman–Crippen LogP) is 10.2. The second kappa shape index (κ2) is 15.0. The van der Waals surface area contributed by atoms with Crippen molar-refractivity contribution in [3.63, 3.8) is 0 Å². The number of hydrogen-bond donors (Lipinski definition) is 0. The minimum atomic E-state index is -0.387. The van der Waals surface area contributed by atoms with E-state index in [4.69, 9.17) is 9.26 Å². The zero-order valence-electron chi connectivity index (χ0n) is 15.6. The summed E-state index contributed by atoms with van der Waals surface area (Å²) in [5, 5.41) is 0. The molecule has 0 aliphatic carbocycles. The molecule has 0 radical (unpaired) electrons. The molecule has 0 amide bonds. The van der Waals surface area contributed by atoms with E-state index in [0.29, 0.717) is 23.9 Å². The highest BCUT2D eigenvalue weighted by atomic mass is 33.3. The Morgan fingerprint density at radius 2 is 1.38 bits per heavy atom. The fourth-order valence-corrected chi connectivity index (χ4v) is 121. The quantitative estimate of drug-likeness (QED) is 0.239. The molecule has 0 bridgehead atoms. The van der Waals surface area contributed by atoms with Crippen LogP contribution in [-0.2, 0) is 9.26 Å². The Labute approximate surface area is 185 Å². The lowest BCUT2D eigenvalue weighted by Crippen LogP contribution is -2.45. The van der Waals surface area contributed by atoms with Crippen molar-refractivity contribution in [2.75, 3.05) is 6.61 Å². The molecule has 12 unspecified atom stereocenters. The summed E-state index contributed by atoms with van der Waals surface area (Å²) in [5.41, 5.74) is 0. The maximum absolute atomic E-state index is 6.84. The summed E-state index contributed by atoms with van der Waals surface area (Å²) in [6.45, 7) is 9.53. The van der Waals surface area contributed by atoms with Crippen LogP contribution in [0.25, 0.3) is 0 Å². The van der Waals surface area contributed by atoms with Crippen molar-refractivity contribution in [3.05, 3.63) is 0 Å². The van der Waals surface area contributed by atoms with Crippen molar-refractivity contribution in [3.8, 4) is 0 Å². The Morgan fingerprint density at radius 1 is 0.846 bits per heavy atom. The lowest BCUT2D eigenvalue weighted by Gasteiger charge is -2.44. The average Bonchev–Trinajstić information content (AvgIpc) is 2.54. The van der Waals surface area contributed by atoms with Gasteiger partial charge in [0.2, 0.25) is 0 Å². The van der Waals surface area contributed by atoms with E-state index < -0.39 is 0 Å². The van der Waals surface area contributed by atoms with Gasteiger partial charge in [0.1, 0.15) is 0 Å². The minimum Gasteiger partial charge on any atom is -0.372 e. The minimum absolute atomic E-state index is 0.0809. The van der Waals surface area contributed by atoms with Gasteiger partial charge < -0.3 is 9.26 Å². The maximum Gasteiger partial charge on any atom is 0.0963 e. The summed E-state index contributed by atoms with van der Waals surface area (Å²) in [4.78, 5) is 0. The van der Waals surface area contributed by atoms with Gasteiger partial charge >= 0.3 is 0 Å². The summed E-state index contributed by atoms with van der Waals surface area (Å²) in [6.07, 6.45) is 0.567. The second-order valence-corrected chi connectivity index (χ2v) is 57.7. The summed E-state index contributed by atoms with van der Waals surface area (Å²) < 4.78 is 13.2. The van der Waals surface area contributed by atoms with Gasteiger partial charge in [-0.25, -0.2) is 0 Å². The highest BCUT2D eigenvalue weighted by molar-refractivity contribution is 9.21. The molecular formula is C10H34O2P14. The molecule has 0 aromatic heterocycles. The fourth-order valence-electron chi connectivity index (χ4n) is 2.78. The molecule has 0 N–H and O–H groups in total. The standard InChI is InChI=1S/C10H34O2P14/c1-6-7(2)9(4)12-10(8(6)3)5-11-21(25(20-13)22(14)15)26(23(16)17)24(18)19/h6-10,20H,5,13-19H2,1-4H3/t6-,7?,8-,9-,10?,21?,25?/m1/s1. The topological polar surface area (TPSA) is 18.5 Å². The second-order valence-electron chi connectivity index (χ2n) is 6.33. The molecule has 1 saturated heterocycles. The van der Waals surface area contributed by atoms with Gasteiger partial charge in [0.25, 0.3) is 0 Å². The molecule has 2 nitrogen and oxygen atoms in total. The monoisotopic (exact) mass is 620 g/mol. The third-order valence-electron chi connectivity index (χ3n) is 4.79. The molecule has 26 heavy (non-hydrogen) atoms. The van der Waals surface area contributed by atoms with Gasteiger partial charge in [-0.05, 0) is 45.6 Å².